The van der Waals surface area contributed by atoms with Crippen LogP contribution >= 0.6 is 0 Å². The van der Waals surface area contributed by atoms with E-state index in [9.17, 15) is 4.79 Å². The number of rotatable bonds is 4. The first-order valence-corrected chi connectivity index (χ1v) is 3.72. The molecule has 0 fully saturated rings. The van der Waals surface area contributed by atoms with Crippen LogP contribution in [0.5, 0.6) is 0 Å². The lowest BCUT2D eigenvalue weighted by atomic mass is 10.4. The normalized spacial score (nSPS) is 9.75. The molecule has 0 bridgehead atoms. The Morgan fingerprint density at radius 1 is 1.67 bits per heavy atom. The van der Waals surface area contributed by atoms with Gasteiger partial charge in [-0.25, -0.2) is 4.98 Å². The molecule has 0 atom stereocenters. The van der Waals surface area contributed by atoms with Crippen molar-refractivity contribution in [1.29, 1.82) is 0 Å². The summed E-state index contributed by atoms with van der Waals surface area (Å²) >= 11 is 0. The van der Waals surface area contributed by atoms with Gasteiger partial charge in [-0.3, -0.25) is 4.79 Å². The molecular weight excluding hydrogens is 158 g/mol. The highest BCUT2D eigenvalue weighted by Crippen LogP contribution is 1.93. The molecule has 0 spiro atoms. The van der Waals surface area contributed by atoms with Crippen molar-refractivity contribution in [3.63, 3.8) is 0 Å². The molecule has 0 saturated heterocycles. The van der Waals surface area contributed by atoms with E-state index in [4.69, 9.17) is 5.11 Å². The first-order chi connectivity index (χ1) is 5.83. The molecule has 66 valence electrons. The second-order valence-corrected chi connectivity index (χ2v) is 2.30. The quantitative estimate of drug-likeness (QED) is 0.534. The molecule has 5 nitrogen and oxygen atoms in total. The highest BCUT2D eigenvalue weighted by Gasteiger charge is 1.91. The molecule has 0 aliphatic heterocycles. The van der Waals surface area contributed by atoms with Gasteiger partial charge in [0.05, 0.1) is 6.33 Å². The van der Waals surface area contributed by atoms with Crippen LogP contribution < -0.4 is 10.9 Å². The Bertz CT molecular complexity index is 284. The molecular formula is C7H11N3O2. The maximum atomic E-state index is 10.7. The van der Waals surface area contributed by atoms with Crippen LogP contribution in [0.1, 0.15) is 6.42 Å². The van der Waals surface area contributed by atoms with Gasteiger partial charge in [0.1, 0.15) is 5.82 Å². The SMILES string of the molecule is O=c1cc(NCCCO)nc[nH]1. The number of H-pyrrole nitrogens is 1. The average molecular weight is 169 g/mol. The smallest absolute Gasteiger partial charge is 0.252 e. The van der Waals surface area contributed by atoms with E-state index in [1.807, 2.05) is 0 Å². The van der Waals surface area contributed by atoms with Crippen LogP contribution in [0.3, 0.4) is 0 Å². The fraction of sp³-hybridized carbons (Fsp3) is 0.429. The zero-order valence-electron chi connectivity index (χ0n) is 6.58. The van der Waals surface area contributed by atoms with Gasteiger partial charge in [-0.1, -0.05) is 0 Å². The number of nitrogens with zero attached hydrogens (tertiary/aromatic N) is 1. The van der Waals surface area contributed by atoms with Gasteiger partial charge in [-0.05, 0) is 6.42 Å². The number of aliphatic hydroxyl groups is 1. The minimum absolute atomic E-state index is 0.135. The predicted molar refractivity (Wildman–Crippen MR) is 45.1 cm³/mol. The molecule has 0 amide bonds. The van der Waals surface area contributed by atoms with Crippen LogP contribution in [0.2, 0.25) is 0 Å². The molecule has 1 aromatic heterocycles. The van der Waals surface area contributed by atoms with E-state index in [1.54, 1.807) is 0 Å². The molecule has 1 aromatic rings. The van der Waals surface area contributed by atoms with Crippen LogP contribution in [0.25, 0.3) is 0 Å². The molecule has 0 saturated carbocycles. The Balaban J connectivity index is 2.47. The first-order valence-electron chi connectivity index (χ1n) is 3.72. The van der Waals surface area contributed by atoms with Crippen LogP contribution in [-0.4, -0.2) is 28.2 Å². The summed E-state index contributed by atoms with van der Waals surface area (Å²) in [6.07, 6.45) is 1.98. The number of anilines is 1. The van der Waals surface area contributed by atoms with Gasteiger partial charge in [-0.2, -0.15) is 0 Å². The Morgan fingerprint density at radius 3 is 3.17 bits per heavy atom. The van der Waals surface area contributed by atoms with Crippen LogP contribution in [0.15, 0.2) is 17.2 Å². The lowest BCUT2D eigenvalue weighted by Gasteiger charge is -2.01. The summed E-state index contributed by atoms with van der Waals surface area (Å²) in [4.78, 5) is 17.0. The van der Waals surface area contributed by atoms with Crippen LogP contribution in [-0.2, 0) is 0 Å². The molecule has 0 aromatic carbocycles. The summed E-state index contributed by atoms with van der Waals surface area (Å²) in [5.41, 5.74) is -0.184. The Hall–Kier alpha value is -1.36. The molecule has 0 aliphatic rings. The number of aromatic amines is 1. The first kappa shape index (κ1) is 8.73. The number of nitrogens with one attached hydrogen (secondary N) is 2. The van der Waals surface area contributed by atoms with Gasteiger partial charge in [0.25, 0.3) is 5.56 Å². The molecule has 1 rings (SSSR count). The second kappa shape index (κ2) is 4.50. The van der Waals surface area contributed by atoms with Crippen molar-refractivity contribution in [3.05, 3.63) is 22.7 Å². The van der Waals surface area contributed by atoms with Crippen molar-refractivity contribution in [2.24, 2.45) is 0 Å². The van der Waals surface area contributed by atoms with Crippen molar-refractivity contribution in [1.82, 2.24) is 9.97 Å². The predicted octanol–water partition coefficient (Wildman–Crippen LogP) is -0.436. The van der Waals surface area contributed by atoms with Crippen molar-refractivity contribution < 1.29 is 5.11 Å². The molecule has 12 heavy (non-hydrogen) atoms. The molecule has 5 heteroatoms. The number of hydrogen-bond donors (Lipinski definition) is 3. The standard InChI is InChI=1S/C7H11N3O2/c11-3-1-2-8-6-4-7(12)10-5-9-6/h4-5,11H,1-3H2,(H2,8,9,10,12). The van der Waals surface area contributed by atoms with Crippen LogP contribution in [0, 0.1) is 0 Å². The second-order valence-electron chi connectivity index (χ2n) is 2.30. The lowest BCUT2D eigenvalue weighted by molar-refractivity contribution is 0.292. The van der Waals surface area contributed by atoms with Crippen molar-refractivity contribution >= 4 is 5.82 Å². The average Bonchev–Trinajstić information content (AvgIpc) is 2.05. The third-order valence-electron chi connectivity index (χ3n) is 1.32. The Kier molecular flexibility index (Phi) is 3.28. The summed E-state index contributed by atoms with van der Waals surface area (Å²) in [5.74, 6) is 0.534. The van der Waals surface area contributed by atoms with E-state index in [1.165, 1.54) is 12.4 Å². The van der Waals surface area contributed by atoms with Crippen molar-refractivity contribution in [2.75, 3.05) is 18.5 Å². The van der Waals surface area contributed by atoms with Gasteiger partial charge in [-0.15, -0.1) is 0 Å². The molecule has 3 N–H and O–H groups in total. The highest BCUT2D eigenvalue weighted by molar-refractivity contribution is 5.31. The van der Waals surface area contributed by atoms with Gasteiger partial charge in [0.2, 0.25) is 0 Å². The fourth-order valence-corrected chi connectivity index (χ4v) is 0.761. The molecule has 1 heterocycles. The fourth-order valence-electron chi connectivity index (χ4n) is 0.761. The highest BCUT2D eigenvalue weighted by atomic mass is 16.3. The topological polar surface area (TPSA) is 78.0 Å². The van der Waals surface area contributed by atoms with E-state index in [2.05, 4.69) is 15.3 Å². The molecule has 0 unspecified atom stereocenters. The van der Waals surface area contributed by atoms with Gasteiger partial charge < -0.3 is 15.4 Å². The zero-order chi connectivity index (χ0) is 8.81. The third-order valence-corrected chi connectivity index (χ3v) is 1.32. The summed E-state index contributed by atoms with van der Waals surface area (Å²) in [7, 11) is 0. The van der Waals surface area contributed by atoms with E-state index in [0.29, 0.717) is 18.8 Å². The lowest BCUT2D eigenvalue weighted by Crippen LogP contribution is -2.10. The number of hydrogen-bond acceptors (Lipinski definition) is 4. The zero-order valence-corrected chi connectivity index (χ0v) is 6.58. The third kappa shape index (κ3) is 2.71. The minimum Gasteiger partial charge on any atom is -0.396 e. The van der Waals surface area contributed by atoms with E-state index < -0.39 is 0 Å². The van der Waals surface area contributed by atoms with E-state index >= 15 is 0 Å². The number of aromatic nitrogens is 2. The van der Waals surface area contributed by atoms with Gasteiger partial charge in [0, 0.05) is 19.2 Å². The maximum absolute atomic E-state index is 10.7. The van der Waals surface area contributed by atoms with E-state index in [0.717, 1.165) is 0 Å². The molecule has 0 aliphatic carbocycles. The summed E-state index contributed by atoms with van der Waals surface area (Å²) in [6.45, 7) is 0.753. The minimum atomic E-state index is -0.184. The van der Waals surface area contributed by atoms with Gasteiger partial charge >= 0.3 is 0 Å². The van der Waals surface area contributed by atoms with E-state index in [-0.39, 0.29) is 12.2 Å². The van der Waals surface area contributed by atoms with Crippen molar-refractivity contribution in [2.45, 2.75) is 6.42 Å². The molecule has 0 radical (unpaired) electrons. The van der Waals surface area contributed by atoms with Gasteiger partial charge in [0.15, 0.2) is 0 Å². The summed E-state index contributed by atoms with van der Waals surface area (Å²) < 4.78 is 0. The Morgan fingerprint density at radius 2 is 2.50 bits per heavy atom. The summed E-state index contributed by atoms with van der Waals surface area (Å²) in [6, 6.07) is 1.37. The Labute approximate surface area is 69.5 Å². The largest absolute Gasteiger partial charge is 0.396 e. The van der Waals surface area contributed by atoms with Crippen molar-refractivity contribution in [3.8, 4) is 0 Å². The number of aliphatic hydroxyl groups excluding tert-OH is 1. The summed E-state index contributed by atoms with van der Waals surface area (Å²) in [5, 5.41) is 11.4. The maximum Gasteiger partial charge on any atom is 0.252 e. The van der Waals surface area contributed by atoms with Crippen LogP contribution in [0.4, 0.5) is 5.82 Å². The monoisotopic (exact) mass is 169 g/mol.